The molecule has 19 heavy (non-hydrogen) atoms. The van der Waals surface area contributed by atoms with Crippen LogP contribution in [-0.4, -0.2) is 7.05 Å². The van der Waals surface area contributed by atoms with E-state index in [1.807, 2.05) is 43.1 Å². The van der Waals surface area contributed by atoms with Gasteiger partial charge in [0.25, 0.3) is 0 Å². The number of halogens is 2. The van der Waals surface area contributed by atoms with Gasteiger partial charge in [0.2, 0.25) is 0 Å². The Balaban J connectivity index is 2.48. The molecule has 0 fully saturated rings. The second-order valence-electron chi connectivity index (χ2n) is 4.53. The molecule has 0 aromatic heterocycles. The van der Waals surface area contributed by atoms with Crippen LogP contribution in [0.25, 0.3) is 0 Å². The fourth-order valence-corrected chi connectivity index (χ4v) is 2.37. The second kappa shape index (κ2) is 5.72. The van der Waals surface area contributed by atoms with E-state index in [-0.39, 0.29) is 11.9 Å². The van der Waals surface area contributed by atoms with Crippen molar-refractivity contribution in [1.29, 1.82) is 0 Å². The summed E-state index contributed by atoms with van der Waals surface area (Å²) in [6.07, 6.45) is 0. The lowest BCUT2D eigenvalue weighted by Gasteiger charge is -2.24. The summed E-state index contributed by atoms with van der Waals surface area (Å²) >= 11 is 3.46. The molecule has 2 N–H and O–H groups in total. The van der Waals surface area contributed by atoms with Gasteiger partial charge in [0.05, 0.1) is 0 Å². The van der Waals surface area contributed by atoms with Crippen LogP contribution in [0.3, 0.4) is 0 Å². The zero-order valence-corrected chi connectivity index (χ0v) is 12.5. The molecular formula is C15H16BrFN2. The van der Waals surface area contributed by atoms with Gasteiger partial charge in [-0.2, -0.15) is 0 Å². The Morgan fingerprint density at radius 2 is 1.95 bits per heavy atom. The highest BCUT2D eigenvalue weighted by molar-refractivity contribution is 9.10. The first-order chi connectivity index (χ1) is 8.99. The molecule has 2 nitrogen and oxygen atoms in total. The van der Waals surface area contributed by atoms with E-state index in [0.29, 0.717) is 0 Å². The zero-order chi connectivity index (χ0) is 14.0. The molecule has 0 radical (unpaired) electrons. The summed E-state index contributed by atoms with van der Waals surface area (Å²) in [7, 11) is 1.91. The molecule has 2 rings (SSSR count). The third-order valence-corrected chi connectivity index (χ3v) is 3.53. The van der Waals surface area contributed by atoms with E-state index in [0.717, 1.165) is 21.4 Å². The largest absolute Gasteiger partial charge is 0.344 e. The van der Waals surface area contributed by atoms with Crippen molar-refractivity contribution in [3.63, 3.8) is 0 Å². The molecule has 0 bridgehead atoms. The van der Waals surface area contributed by atoms with Gasteiger partial charge in [-0.3, -0.25) is 0 Å². The molecule has 0 aliphatic carbocycles. The fraction of sp³-hybridized carbons (Fsp3) is 0.200. The van der Waals surface area contributed by atoms with Gasteiger partial charge in [0.1, 0.15) is 5.82 Å². The Bertz CT molecular complexity index is 584. The van der Waals surface area contributed by atoms with Gasteiger partial charge < -0.3 is 10.6 Å². The first-order valence-electron chi connectivity index (χ1n) is 6.03. The average molecular weight is 323 g/mol. The lowest BCUT2D eigenvalue weighted by molar-refractivity contribution is 0.628. The molecule has 0 spiro atoms. The number of nitrogens with zero attached hydrogens (tertiary/aromatic N) is 1. The first-order valence-corrected chi connectivity index (χ1v) is 6.82. The molecule has 100 valence electrons. The number of rotatable bonds is 3. The molecular weight excluding hydrogens is 307 g/mol. The van der Waals surface area contributed by atoms with Crippen molar-refractivity contribution in [3.8, 4) is 0 Å². The van der Waals surface area contributed by atoms with Gasteiger partial charge in [0, 0.05) is 28.9 Å². The number of benzene rings is 2. The minimum absolute atomic E-state index is 0.0842. The minimum Gasteiger partial charge on any atom is -0.344 e. The van der Waals surface area contributed by atoms with Crippen LogP contribution in [-0.2, 0) is 0 Å². The highest BCUT2D eigenvalue weighted by Gasteiger charge is 2.13. The van der Waals surface area contributed by atoms with Crippen LogP contribution in [0.2, 0.25) is 0 Å². The number of hydrogen-bond acceptors (Lipinski definition) is 2. The molecule has 0 saturated carbocycles. The highest BCUT2D eigenvalue weighted by atomic mass is 79.9. The number of anilines is 2. The van der Waals surface area contributed by atoms with Crippen molar-refractivity contribution >= 4 is 27.3 Å². The van der Waals surface area contributed by atoms with Gasteiger partial charge >= 0.3 is 0 Å². The van der Waals surface area contributed by atoms with E-state index in [1.165, 1.54) is 12.1 Å². The Hall–Kier alpha value is -1.39. The summed E-state index contributed by atoms with van der Waals surface area (Å²) in [5.41, 5.74) is 8.78. The molecule has 0 aliphatic rings. The van der Waals surface area contributed by atoms with Crippen molar-refractivity contribution in [1.82, 2.24) is 0 Å². The number of hydrogen-bond donors (Lipinski definition) is 1. The Kier molecular flexibility index (Phi) is 4.22. The van der Waals surface area contributed by atoms with Crippen molar-refractivity contribution in [3.05, 3.63) is 58.3 Å². The molecule has 0 heterocycles. The van der Waals surface area contributed by atoms with Crippen LogP contribution in [0.4, 0.5) is 15.8 Å². The Morgan fingerprint density at radius 3 is 2.58 bits per heavy atom. The quantitative estimate of drug-likeness (QED) is 0.908. The van der Waals surface area contributed by atoms with Gasteiger partial charge in [-0.15, -0.1) is 0 Å². The standard InChI is InChI=1S/C15H16BrFN2/c1-10(18)14-7-6-11(16)8-15(14)19(2)13-5-3-4-12(17)9-13/h3-10H,18H2,1-2H3. The van der Waals surface area contributed by atoms with E-state index in [2.05, 4.69) is 15.9 Å². The first kappa shape index (κ1) is 14.0. The lowest BCUT2D eigenvalue weighted by atomic mass is 10.1. The molecule has 0 saturated heterocycles. The molecule has 1 unspecified atom stereocenters. The SMILES string of the molecule is CC(N)c1ccc(Br)cc1N(C)c1cccc(F)c1. The van der Waals surface area contributed by atoms with Gasteiger partial charge in [0.15, 0.2) is 0 Å². The fourth-order valence-electron chi connectivity index (χ4n) is 2.02. The zero-order valence-electron chi connectivity index (χ0n) is 10.9. The van der Waals surface area contributed by atoms with Crippen molar-refractivity contribution < 1.29 is 4.39 Å². The maximum absolute atomic E-state index is 13.3. The van der Waals surface area contributed by atoms with Crippen molar-refractivity contribution in [2.75, 3.05) is 11.9 Å². The summed E-state index contributed by atoms with van der Waals surface area (Å²) in [5.74, 6) is -0.248. The third-order valence-electron chi connectivity index (χ3n) is 3.04. The van der Waals surface area contributed by atoms with Crippen LogP contribution >= 0.6 is 15.9 Å². The normalized spacial score (nSPS) is 12.3. The van der Waals surface area contributed by atoms with E-state index >= 15 is 0 Å². The lowest BCUT2D eigenvalue weighted by Crippen LogP contribution is -2.15. The third kappa shape index (κ3) is 3.14. The monoisotopic (exact) mass is 322 g/mol. The van der Waals surface area contributed by atoms with Crippen LogP contribution in [0, 0.1) is 5.82 Å². The van der Waals surface area contributed by atoms with Gasteiger partial charge in [-0.25, -0.2) is 4.39 Å². The molecule has 4 heteroatoms. The molecule has 0 amide bonds. The smallest absolute Gasteiger partial charge is 0.125 e. The molecule has 0 aliphatic heterocycles. The van der Waals surface area contributed by atoms with Gasteiger partial charge in [-0.1, -0.05) is 28.1 Å². The van der Waals surface area contributed by atoms with Crippen LogP contribution in [0.1, 0.15) is 18.5 Å². The summed E-state index contributed by atoms with van der Waals surface area (Å²) in [6.45, 7) is 1.94. The molecule has 2 aromatic carbocycles. The van der Waals surface area contributed by atoms with Crippen molar-refractivity contribution in [2.24, 2.45) is 5.73 Å². The predicted molar refractivity (Wildman–Crippen MR) is 81.2 cm³/mol. The van der Waals surface area contributed by atoms with Crippen molar-refractivity contribution in [2.45, 2.75) is 13.0 Å². The summed E-state index contributed by atoms with van der Waals surface area (Å²) < 4.78 is 14.3. The second-order valence-corrected chi connectivity index (χ2v) is 5.45. The number of nitrogens with two attached hydrogens (primary N) is 1. The Morgan fingerprint density at radius 1 is 1.21 bits per heavy atom. The van der Waals surface area contributed by atoms with Crippen LogP contribution < -0.4 is 10.6 Å². The average Bonchev–Trinajstić information content (AvgIpc) is 2.37. The van der Waals surface area contributed by atoms with E-state index in [4.69, 9.17) is 5.73 Å². The summed E-state index contributed by atoms with van der Waals surface area (Å²) in [4.78, 5) is 1.94. The predicted octanol–water partition coefficient (Wildman–Crippen LogP) is 4.38. The maximum atomic E-state index is 13.3. The topological polar surface area (TPSA) is 29.3 Å². The Labute approximate surface area is 121 Å². The maximum Gasteiger partial charge on any atom is 0.125 e. The van der Waals surface area contributed by atoms with Crippen LogP contribution in [0.15, 0.2) is 46.9 Å². The van der Waals surface area contributed by atoms with Crippen LogP contribution in [0.5, 0.6) is 0 Å². The minimum atomic E-state index is -0.248. The van der Waals surface area contributed by atoms with E-state index < -0.39 is 0 Å². The summed E-state index contributed by atoms with van der Waals surface area (Å²) in [5, 5.41) is 0. The van der Waals surface area contributed by atoms with Gasteiger partial charge in [-0.05, 0) is 42.8 Å². The summed E-state index contributed by atoms with van der Waals surface area (Å²) in [6, 6.07) is 12.4. The molecule has 1 atom stereocenters. The molecule has 2 aromatic rings. The van der Waals surface area contributed by atoms with E-state index in [9.17, 15) is 4.39 Å². The van der Waals surface area contributed by atoms with E-state index in [1.54, 1.807) is 6.07 Å². The highest BCUT2D eigenvalue weighted by Crippen LogP contribution is 2.32.